The summed E-state index contributed by atoms with van der Waals surface area (Å²) in [5.41, 5.74) is 1.55. The Morgan fingerprint density at radius 1 is 1.43 bits per heavy atom. The van der Waals surface area contributed by atoms with Gasteiger partial charge in [0.2, 0.25) is 5.91 Å². The second-order valence-electron chi connectivity index (χ2n) is 5.07. The number of hydrogen-bond donors (Lipinski definition) is 2. The number of nitrogens with zero attached hydrogens (tertiary/aromatic N) is 1. The number of nitrogens with one attached hydrogen (secondary N) is 1. The first-order valence-corrected chi connectivity index (χ1v) is 7.62. The zero-order chi connectivity index (χ0) is 15.1. The summed E-state index contributed by atoms with van der Waals surface area (Å²) in [5, 5.41) is 11.1. The van der Waals surface area contributed by atoms with Crippen LogP contribution in [-0.4, -0.2) is 45.6 Å². The molecule has 0 radical (unpaired) electrons. The Bertz CT molecular complexity index is 633. The minimum atomic E-state index is -1.10. The van der Waals surface area contributed by atoms with Gasteiger partial charge in [0.15, 0.2) is 0 Å². The summed E-state index contributed by atoms with van der Waals surface area (Å²) < 4.78 is 0. The largest absolute Gasteiger partial charge is 0.480 e. The Hall–Kier alpha value is -2.02. The molecule has 1 saturated heterocycles. The fourth-order valence-electron chi connectivity index (χ4n) is 2.61. The van der Waals surface area contributed by atoms with Crippen molar-refractivity contribution in [2.75, 3.05) is 5.75 Å². The maximum absolute atomic E-state index is 12.4. The van der Waals surface area contributed by atoms with Gasteiger partial charge in [0, 0.05) is 11.3 Å². The third kappa shape index (κ3) is 2.17. The highest BCUT2D eigenvalue weighted by molar-refractivity contribution is 7.99. The highest BCUT2D eigenvalue weighted by Gasteiger charge is 2.48. The van der Waals surface area contributed by atoms with Gasteiger partial charge in [-0.2, -0.15) is 0 Å². The van der Waals surface area contributed by atoms with Gasteiger partial charge < -0.3 is 15.3 Å². The predicted molar refractivity (Wildman–Crippen MR) is 76.8 cm³/mol. The Labute approximate surface area is 125 Å². The van der Waals surface area contributed by atoms with Gasteiger partial charge in [0.1, 0.15) is 17.5 Å². The molecule has 0 saturated carbocycles. The Balaban J connectivity index is 1.82. The molecule has 0 bridgehead atoms. The molecule has 21 heavy (non-hydrogen) atoms. The van der Waals surface area contributed by atoms with Crippen LogP contribution in [0.15, 0.2) is 24.3 Å². The quantitative estimate of drug-likeness (QED) is 0.864. The maximum Gasteiger partial charge on any atom is 0.325 e. The first-order valence-electron chi connectivity index (χ1n) is 6.57. The lowest BCUT2D eigenvalue weighted by Gasteiger charge is -2.23. The number of amides is 2. The molecule has 3 atom stereocenters. The van der Waals surface area contributed by atoms with Crippen LogP contribution in [0.3, 0.4) is 0 Å². The van der Waals surface area contributed by atoms with Crippen LogP contribution < -0.4 is 5.32 Å². The molecular formula is C14H14N2O4S. The van der Waals surface area contributed by atoms with Crippen LogP contribution in [-0.2, 0) is 9.59 Å². The van der Waals surface area contributed by atoms with Crippen molar-refractivity contribution in [3.8, 4) is 0 Å². The van der Waals surface area contributed by atoms with Crippen molar-refractivity contribution >= 4 is 29.5 Å². The van der Waals surface area contributed by atoms with E-state index in [1.54, 1.807) is 17.0 Å². The van der Waals surface area contributed by atoms with Gasteiger partial charge in [0.25, 0.3) is 5.91 Å². The molecule has 0 unspecified atom stereocenters. The molecule has 2 aliphatic heterocycles. The molecule has 6 nitrogen and oxygen atoms in total. The van der Waals surface area contributed by atoms with E-state index in [1.807, 2.05) is 12.1 Å². The van der Waals surface area contributed by atoms with Crippen molar-refractivity contribution in [2.24, 2.45) is 0 Å². The first-order chi connectivity index (χ1) is 10.0. The number of fused-ring (bicyclic) bond motifs is 3. The predicted octanol–water partition coefficient (Wildman–Crippen LogP) is 0.846. The van der Waals surface area contributed by atoms with Crippen LogP contribution in [0.2, 0.25) is 0 Å². The van der Waals surface area contributed by atoms with Gasteiger partial charge in [-0.15, -0.1) is 11.8 Å². The van der Waals surface area contributed by atoms with E-state index >= 15 is 0 Å². The van der Waals surface area contributed by atoms with Crippen LogP contribution in [0.4, 0.5) is 0 Å². The topological polar surface area (TPSA) is 86.7 Å². The number of rotatable bonds is 3. The second kappa shape index (κ2) is 5.07. The zero-order valence-corrected chi connectivity index (χ0v) is 12.1. The number of carbonyl (C=O) groups is 3. The third-order valence-electron chi connectivity index (χ3n) is 3.72. The average Bonchev–Trinajstić information content (AvgIpc) is 3.00. The number of benzene rings is 1. The highest BCUT2D eigenvalue weighted by Crippen LogP contribution is 2.47. The minimum Gasteiger partial charge on any atom is -0.480 e. The van der Waals surface area contributed by atoms with Crippen LogP contribution in [0.1, 0.15) is 28.2 Å². The van der Waals surface area contributed by atoms with E-state index in [0.29, 0.717) is 11.3 Å². The molecule has 2 heterocycles. The highest BCUT2D eigenvalue weighted by atomic mass is 32.2. The molecule has 0 aliphatic carbocycles. The van der Waals surface area contributed by atoms with Crippen LogP contribution >= 0.6 is 11.8 Å². The van der Waals surface area contributed by atoms with E-state index in [-0.39, 0.29) is 11.3 Å². The number of thioether (sulfide) groups is 1. The third-order valence-corrected chi connectivity index (χ3v) is 5.03. The van der Waals surface area contributed by atoms with Crippen molar-refractivity contribution in [1.29, 1.82) is 0 Å². The Morgan fingerprint density at radius 2 is 2.14 bits per heavy atom. The van der Waals surface area contributed by atoms with E-state index in [2.05, 4.69) is 5.32 Å². The second-order valence-corrected chi connectivity index (χ2v) is 6.18. The summed E-state index contributed by atoms with van der Waals surface area (Å²) in [7, 11) is 0. The molecule has 1 aromatic rings. The molecule has 0 aromatic heterocycles. The summed E-state index contributed by atoms with van der Waals surface area (Å²) in [6, 6.07) is 5.72. The molecule has 0 spiro atoms. The summed E-state index contributed by atoms with van der Waals surface area (Å²) in [4.78, 5) is 37.0. The van der Waals surface area contributed by atoms with Crippen molar-refractivity contribution in [2.45, 2.75) is 24.4 Å². The maximum atomic E-state index is 12.4. The lowest BCUT2D eigenvalue weighted by molar-refractivity contribution is -0.141. The normalized spacial score (nSPS) is 24.4. The lowest BCUT2D eigenvalue weighted by atomic mass is 10.1. The molecular weight excluding hydrogens is 292 g/mol. The molecule has 7 heteroatoms. The average molecular weight is 306 g/mol. The molecule has 2 amide bonds. The van der Waals surface area contributed by atoms with E-state index in [4.69, 9.17) is 5.11 Å². The van der Waals surface area contributed by atoms with Crippen molar-refractivity contribution in [3.63, 3.8) is 0 Å². The molecule has 1 aromatic carbocycles. The smallest absolute Gasteiger partial charge is 0.325 e. The van der Waals surface area contributed by atoms with Crippen molar-refractivity contribution in [1.82, 2.24) is 10.2 Å². The molecule has 2 N–H and O–H groups in total. The SMILES string of the molecule is C[C@@H](NC(=O)[C@@H]1CS[C@@H]2c3ccccc3C(=O)N21)C(=O)O. The summed E-state index contributed by atoms with van der Waals surface area (Å²) in [5.74, 6) is -1.20. The monoisotopic (exact) mass is 306 g/mol. The molecule has 2 aliphatic rings. The van der Waals surface area contributed by atoms with E-state index in [0.717, 1.165) is 5.56 Å². The lowest BCUT2D eigenvalue weighted by Crippen LogP contribution is -2.50. The summed E-state index contributed by atoms with van der Waals surface area (Å²) in [6.07, 6.45) is 0. The van der Waals surface area contributed by atoms with Crippen LogP contribution in [0, 0.1) is 0 Å². The Kier molecular flexibility index (Phi) is 3.36. The fourth-order valence-corrected chi connectivity index (χ4v) is 4.08. The van der Waals surface area contributed by atoms with Gasteiger partial charge in [-0.1, -0.05) is 18.2 Å². The summed E-state index contributed by atoms with van der Waals surface area (Å²) >= 11 is 1.53. The standard InChI is InChI=1S/C14H14N2O4S/c1-7(14(19)20)15-11(17)10-6-21-13-9-5-3-2-4-8(9)12(18)16(10)13/h2-5,7,10,13H,6H2,1H3,(H,15,17)(H,19,20)/t7-,10+,13-/m1/s1. The Morgan fingerprint density at radius 3 is 2.86 bits per heavy atom. The van der Waals surface area contributed by atoms with Crippen molar-refractivity contribution in [3.05, 3.63) is 35.4 Å². The number of carboxylic acids is 1. The van der Waals surface area contributed by atoms with Crippen LogP contribution in [0.5, 0.6) is 0 Å². The number of aliphatic carboxylic acids is 1. The van der Waals surface area contributed by atoms with Gasteiger partial charge >= 0.3 is 5.97 Å². The molecule has 3 rings (SSSR count). The zero-order valence-electron chi connectivity index (χ0n) is 11.3. The minimum absolute atomic E-state index is 0.149. The summed E-state index contributed by atoms with van der Waals surface area (Å²) in [6.45, 7) is 1.40. The van der Waals surface area contributed by atoms with Crippen LogP contribution in [0.25, 0.3) is 0 Å². The first kappa shape index (κ1) is 13.9. The number of hydrogen-bond acceptors (Lipinski definition) is 4. The van der Waals surface area contributed by atoms with E-state index < -0.39 is 24.0 Å². The van der Waals surface area contributed by atoms with Gasteiger partial charge in [0.05, 0.1) is 0 Å². The molecule has 110 valence electrons. The molecule has 1 fully saturated rings. The van der Waals surface area contributed by atoms with Gasteiger partial charge in [-0.3, -0.25) is 14.4 Å². The van der Waals surface area contributed by atoms with Gasteiger partial charge in [-0.25, -0.2) is 0 Å². The number of carbonyl (C=O) groups excluding carboxylic acids is 2. The van der Waals surface area contributed by atoms with Gasteiger partial charge in [-0.05, 0) is 18.6 Å². The van der Waals surface area contributed by atoms with E-state index in [9.17, 15) is 14.4 Å². The fraction of sp³-hybridized carbons (Fsp3) is 0.357. The van der Waals surface area contributed by atoms with Crippen molar-refractivity contribution < 1.29 is 19.5 Å². The van der Waals surface area contributed by atoms with E-state index in [1.165, 1.54) is 18.7 Å². The number of carboxylic acid groups (broad SMARTS) is 1.